The third kappa shape index (κ3) is 1.99. The molecule has 1 N–H and O–H groups in total. The predicted molar refractivity (Wildman–Crippen MR) is 84.1 cm³/mol. The molecule has 4 heteroatoms. The molecule has 2 nitrogen and oxygen atoms in total. The second-order valence-corrected chi connectivity index (χ2v) is 8.48. The quantitative estimate of drug-likeness (QED) is 0.860. The summed E-state index contributed by atoms with van der Waals surface area (Å²) in [7, 11) is 0. The second-order valence-electron chi connectivity index (χ2n) is 7.45. The number of hydrogen-bond acceptors (Lipinski definition) is 3. The molecule has 6 rings (SSSR count). The topological polar surface area (TPSA) is 24.9 Å². The molecular formula is C17H19FN2S. The first-order valence-electron chi connectivity index (χ1n) is 8.02. The Bertz CT molecular complexity index is 673. The Labute approximate surface area is 127 Å². The van der Waals surface area contributed by atoms with Crippen molar-refractivity contribution in [3.63, 3.8) is 0 Å². The number of benzene rings is 1. The first kappa shape index (κ1) is 12.4. The van der Waals surface area contributed by atoms with Gasteiger partial charge in [0.1, 0.15) is 5.82 Å². The number of nitrogens with zero attached hydrogens (tertiary/aromatic N) is 1. The largest absolute Gasteiger partial charge is 0.356 e. The highest BCUT2D eigenvalue weighted by molar-refractivity contribution is 7.22. The summed E-state index contributed by atoms with van der Waals surface area (Å²) in [6.45, 7) is 0. The van der Waals surface area contributed by atoms with E-state index < -0.39 is 0 Å². The molecule has 21 heavy (non-hydrogen) atoms. The third-order valence-electron chi connectivity index (χ3n) is 5.76. The molecule has 110 valence electrons. The molecule has 0 spiro atoms. The normalized spacial score (nSPS) is 37.3. The van der Waals surface area contributed by atoms with Gasteiger partial charge >= 0.3 is 0 Å². The lowest BCUT2D eigenvalue weighted by Gasteiger charge is -2.56. The number of fused-ring (bicyclic) bond motifs is 1. The fraction of sp³-hybridized carbons (Fsp3) is 0.588. The van der Waals surface area contributed by atoms with Crippen molar-refractivity contribution in [2.24, 2.45) is 17.8 Å². The van der Waals surface area contributed by atoms with Crippen LogP contribution in [0, 0.1) is 23.6 Å². The number of rotatable bonds is 2. The minimum atomic E-state index is -0.174. The van der Waals surface area contributed by atoms with Gasteiger partial charge in [-0.15, -0.1) is 0 Å². The highest BCUT2D eigenvalue weighted by Crippen LogP contribution is 2.56. The number of thiazole rings is 1. The van der Waals surface area contributed by atoms with Crippen molar-refractivity contribution in [1.29, 1.82) is 0 Å². The Morgan fingerprint density at radius 1 is 1.10 bits per heavy atom. The van der Waals surface area contributed by atoms with Gasteiger partial charge in [-0.25, -0.2) is 9.37 Å². The number of nitrogens with one attached hydrogen (secondary N) is 1. The van der Waals surface area contributed by atoms with Crippen LogP contribution in [0.3, 0.4) is 0 Å². The van der Waals surface area contributed by atoms with E-state index in [0.29, 0.717) is 0 Å². The summed E-state index contributed by atoms with van der Waals surface area (Å²) in [6.07, 6.45) is 8.28. The lowest BCUT2D eigenvalue weighted by atomic mass is 9.53. The Hall–Kier alpha value is -1.16. The van der Waals surface area contributed by atoms with Crippen molar-refractivity contribution in [2.45, 2.75) is 44.1 Å². The summed E-state index contributed by atoms with van der Waals surface area (Å²) in [5.41, 5.74) is 1.19. The fourth-order valence-electron chi connectivity index (χ4n) is 5.44. The fourth-order valence-corrected chi connectivity index (χ4v) is 6.45. The van der Waals surface area contributed by atoms with Gasteiger partial charge in [-0.1, -0.05) is 11.3 Å². The number of halogens is 1. The predicted octanol–water partition coefficient (Wildman–Crippen LogP) is 4.82. The molecule has 4 fully saturated rings. The summed E-state index contributed by atoms with van der Waals surface area (Å²) in [5, 5.41) is 4.76. The summed E-state index contributed by atoms with van der Waals surface area (Å²) in [6, 6.07) is 4.88. The molecule has 0 atom stereocenters. The van der Waals surface area contributed by atoms with Crippen LogP contribution in [0.4, 0.5) is 9.52 Å². The first-order chi connectivity index (χ1) is 10.2. The SMILES string of the molecule is Fc1ccc2nc(NC34CC5CC(CC(C5)C3)C4)sc2c1. The van der Waals surface area contributed by atoms with E-state index in [9.17, 15) is 4.39 Å². The lowest BCUT2D eigenvalue weighted by Crippen LogP contribution is -2.54. The van der Waals surface area contributed by atoms with Gasteiger partial charge in [-0.3, -0.25) is 0 Å². The summed E-state index contributed by atoms with van der Waals surface area (Å²) in [5.74, 6) is 2.61. The molecule has 4 saturated carbocycles. The van der Waals surface area contributed by atoms with E-state index in [1.54, 1.807) is 23.5 Å². The molecule has 0 unspecified atom stereocenters. The van der Waals surface area contributed by atoms with E-state index in [0.717, 1.165) is 33.1 Å². The lowest BCUT2D eigenvalue weighted by molar-refractivity contribution is 0.0107. The van der Waals surface area contributed by atoms with E-state index in [4.69, 9.17) is 0 Å². The molecule has 4 aliphatic carbocycles. The van der Waals surface area contributed by atoms with Crippen LogP contribution < -0.4 is 5.32 Å². The van der Waals surface area contributed by atoms with Crippen molar-refractivity contribution in [3.05, 3.63) is 24.0 Å². The molecule has 1 aromatic carbocycles. The van der Waals surface area contributed by atoms with Crippen molar-refractivity contribution >= 4 is 26.7 Å². The van der Waals surface area contributed by atoms with Crippen LogP contribution in [0.5, 0.6) is 0 Å². The minimum Gasteiger partial charge on any atom is -0.356 e. The van der Waals surface area contributed by atoms with Crippen LogP contribution >= 0.6 is 11.3 Å². The molecule has 0 saturated heterocycles. The van der Waals surface area contributed by atoms with Crippen LogP contribution in [0.15, 0.2) is 18.2 Å². The van der Waals surface area contributed by atoms with Gasteiger partial charge in [-0.05, 0) is 74.5 Å². The van der Waals surface area contributed by atoms with E-state index in [-0.39, 0.29) is 11.4 Å². The molecule has 1 aromatic heterocycles. The monoisotopic (exact) mass is 302 g/mol. The number of aromatic nitrogens is 1. The Morgan fingerprint density at radius 3 is 2.43 bits per heavy atom. The van der Waals surface area contributed by atoms with Gasteiger partial charge < -0.3 is 5.32 Å². The average Bonchev–Trinajstić information content (AvgIpc) is 2.77. The van der Waals surface area contributed by atoms with Gasteiger partial charge in [0.05, 0.1) is 10.2 Å². The van der Waals surface area contributed by atoms with Gasteiger partial charge in [-0.2, -0.15) is 0 Å². The number of hydrogen-bond donors (Lipinski definition) is 1. The van der Waals surface area contributed by atoms with Crippen LogP contribution in [0.1, 0.15) is 38.5 Å². The van der Waals surface area contributed by atoms with Gasteiger partial charge in [0.15, 0.2) is 5.13 Å². The molecule has 0 radical (unpaired) electrons. The maximum absolute atomic E-state index is 13.3. The van der Waals surface area contributed by atoms with Crippen molar-refractivity contribution < 1.29 is 4.39 Å². The van der Waals surface area contributed by atoms with Crippen molar-refractivity contribution in [2.75, 3.05) is 5.32 Å². The third-order valence-corrected chi connectivity index (χ3v) is 6.69. The maximum atomic E-state index is 13.3. The Kier molecular flexibility index (Phi) is 2.47. The maximum Gasteiger partial charge on any atom is 0.184 e. The second kappa shape index (κ2) is 4.19. The summed E-state index contributed by atoms with van der Waals surface area (Å²) >= 11 is 1.60. The van der Waals surface area contributed by atoms with Crippen LogP contribution in [-0.2, 0) is 0 Å². The van der Waals surface area contributed by atoms with Crippen LogP contribution in [0.2, 0.25) is 0 Å². The summed E-state index contributed by atoms with van der Waals surface area (Å²) < 4.78 is 14.3. The molecule has 0 amide bonds. The standard InChI is InChI=1S/C17H19FN2S/c18-13-1-2-14-15(6-13)21-16(19-14)20-17-7-10-3-11(8-17)5-12(4-10)9-17/h1-2,6,10-12H,3-5,7-9H2,(H,19,20). The van der Waals surface area contributed by atoms with Crippen LogP contribution in [-0.4, -0.2) is 10.5 Å². The average molecular weight is 302 g/mol. The van der Waals surface area contributed by atoms with Gasteiger partial charge in [0.25, 0.3) is 0 Å². The van der Waals surface area contributed by atoms with E-state index in [2.05, 4.69) is 10.3 Å². The number of anilines is 1. The molecule has 2 aromatic rings. The highest BCUT2D eigenvalue weighted by atomic mass is 32.1. The van der Waals surface area contributed by atoms with Crippen molar-refractivity contribution in [1.82, 2.24) is 4.98 Å². The molecule has 4 aliphatic rings. The zero-order valence-electron chi connectivity index (χ0n) is 11.9. The van der Waals surface area contributed by atoms with Gasteiger partial charge in [0.2, 0.25) is 0 Å². The van der Waals surface area contributed by atoms with E-state index in [1.165, 1.54) is 44.6 Å². The van der Waals surface area contributed by atoms with E-state index >= 15 is 0 Å². The molecule has 0 aliphatic heterocycles. The van der Waals surface area contributed by atoms with E-state index in [1.807, 2.05) is 0 Å². The molecule has 4 bridgehead atoms. The van der Waals surface area contributed by atoms with Crippen LogP contribution in [0.25, 0.3) is 10.2 Å². The minimum absolute atomic E-state index is 0.174. The Balaban J connectivity index is 1.48. The summed E-state index contributed by atoms with van der Waals surface area (Å²) in [4.78, 5) is 4.67. The molecule has 1 heterocycles. The van der Waals surface area contributed by atoms with Crippen molar-refractivity contribution in [3.8, 4) is 0 Å². The highest BCUT2D eigenvalue weighted by Gasteiger charge is 2.51. The Morgan fingerprint density at radius 2 is 1.76 bits per heavy atom. The smallest absolute Gasteiger partial charge is 0.184 e. The zero-order chi connectivity index (χ0) is 14.0. The zero-order valence-corrected chi connectivity index (χ0v) is 12.8. The van der Waals surface area contributed by atoms with Gasteiger partial charge in [0, 0.05) is 5.54 Å². The molecular weight excluding hydrogens is 283 g/mol. The first-order valence-corrected chi connectivity index (χ1v) is 8.83.